The van der Waals surface area contributed by atoms with Gasteiger partial charge >= 0.3 is 0 Å². The molecule has 0 bridgehead atoms. The van der Waals surface area contributed by atoms with E-state index in [0.717, 1.165) is 5.56 Å². The second-order valence-corrected chi connectivity index (χ2v) is 7.13. The monoisotopic (exact) mass is 360 g/mol. The molecule has 0 atom stereocenters. The first-order valence-electron chi connectivity index (χ1n) is 9.56. The Hall–Kier alpha value is -3.58. The van der Waals surface area contributed by atoms with Crippen molar-refractivity contribution in [2.75, 3.05) is 0 Å². The molecule has 1 nitrogen and oxygen atoms in total. The van der Waals surface area contributed by atoms with Crippen LogP contribution in [-0.2, 0) is 0 Å². The standard InChI is InChI=1S/C27H20O/c28-26-18-6-5-15-25(26)27(23-16-7-11-19-9-1-3-13-21(19)23)24-17-8-12-20-10-2-4-14-22(20)24/h1-18,27-28H. The third kappa shape index (κ3) is 2.73. The second-order valence-electron chi connectivity index (χ2n) is 7.13. The Labute approximate surface area is 164 Å². The zero-order chi connectivity index (χ0) is 18.9. The zero-order valence-electron chi connectivity index (χ0n) is 15.4. The SMILES string of the molecule is Oc1ccccc1C(c1cccc2ccccc12)c1cccc2ccccc12. The van der Waals surface area contributed by atoms with Crippen molar-refractivity contribution >= 4 is 21.5 Å². The molecule has 134 valence electrons. The Kier molecular flexibility index (Phi) is 4.06. The Bertz CT molecular complexity index is 1200. The summed E-state index contributed by atoms with van der Waals surface area (Å²) in [5.74, 6) is 0.270. The molecule has 1 N–H and O–H groups in total. The van der Waals surface area contributed by atoms with Crippen molar-refractivity contribution in [3.05, 3.63) is 126 Å². The number of hydrogen-bond donors (Lipinski definition) is 1. The van der Waals surface area contributed by atoms with Gasteiger partial charge in [-0.15, -0.1) is 0 Å². The van der Waals surface area contributed by atoms with Gasteiger partial charge in [0.2, 0.25) is 0 Å². The van der Waals surface area contributed by atoms with Gasteiger partial charge in [0.05, 0.1) is 0 Å². The van der Waals surface area contributed by atoms with Gasteiger partial charge in [-0.1, -0.05) is 103 Å². The van der Waals surface area contributed by atoms with Crippen molar-refractivity contribution in [1.29, 1.82) is 0 Å². The predicted molar refractivity (Wildman–Crippen MR) is 117 cm³/mol. The highest BCUT2D eigenvalue weighted by Crippen LogP contribution is 2.41. The van der Waals surface area contributed by atoms with E-state index in [-0.39, 0.29) is 5.92 Å². The summed E-state index contributed by atoms with van der Waals surface area (Å²) in [6.07, 6.45) is 0. The fourth-order valence-corrected chi connectivity index (χ4v) is 4.24. The molecule has 0 unspecified atom stereocenters. The lowest BCUT2D eigenvalue weighted by Gasteiger charge is -2.23. The smallest absolute Gasteiger partial charge is 0.119 e. The molecular formula is C27H20O. The third-order valence-electron chi connectivity index (χ3n) is 5.52. The lowest BCUT2D eigenvalue weighted by molar-refractivity contribution is 0.467. The van der Waals surface area contributed by atoms with E-state index in [4.69, 9.17) is 0 Å². The summed E-state index contributed by atoms with van der Waals surface area (Å²) in [5.41, 5.74) is 3.34. The number of phenolic OH excluding ortho intramolecular Hbond substituents is 1. The van der Waals surface area contributed by atoms with Gasteiger partial charge in [0, 0.05) is 11.5 Å². The van der Waals surface area contributed by atoms with E-state index in [1.165, 1.54) is 32.7 Å². The van der Waals surface area contributed by atoms with Gasteiger partial charge in [-0.2, -0.15) is 0 Å². The van der Waals surface area contributed by atoms with Crippen LogP contribution in [0.25, 0.3) is 21.5 Å². The fourth-order valence-electron chi connectivity index (χ4n) is 4.24. The van der Waals surface area contributed by atoms with E-state index in [9.17, 15) is 5.11 Å². The number of aromatic hydroxyl groups is 1. The molecule has 5 aromatic carbocycles. The molecule has 0 aliphatic rings. The molecule has 0 saturated heterocycles. The van der Waals surface area contributed by atoms with Crippen molar-refractivity contribution < 1.29 is 5.11 Å². The number of fused-ring (bicyclic) bond motifs is 2. The molecule has 5 rings (SSSR count). The third-order valence-corrected chi connectivity index (χ3v) is 5.52. The molecule has 28 heavy (non-hydrogen) atoms. The molecule has 0 heterocycles. The normalized spacial score (nSPS) is 11.3. The first-order valence-corrected chi connectivity index (χ1v) is 9.56. The molecular weight excluding hydrogens is 340 g/mol. The second kappa shape index (κ2) is 6.86. The van der Waals surface area contributed by atoms with Crippen LogP contribution in [0.4, 0.5) is 0 Å². The summed E-state index contributed by atoms with van der Waals surface area (Å²) in [5, 5.41) is 15.6. The maximum absolute atomic E-state index is 10.7. The number of benzene rings is 5. The molecule has 0 radical (unpaired) electrons. The number of para-hydroxylation sites is 1. The van der Waals surface area contributed by atoms with E-state index < -0.39 is 0 Å². The molecule has 0 saturated carbocycles. The maximum Gasteiger partial charge on any atom is 0.119 e. The largest absolute Gasteiger partial charge is 0.508 e. The van der Waals surface area contributed by atoms with Gasteiger partial charge in [0.15, 0.2) is 0 Å². The van der Waals surface area contributed by atoms with Crippen LogP contribution >= 0.6 is 0 Å². The quantitative estimate of drug-likeness (QED) is 0.348. The highest BCUT2D eigenvalue weighted by molar-refractivity contribution is 5.91. The van der Waals surface area contributed by atoms with E-state index in [2.05, 4.69) is 84.9 Å². The molecule has 0 fully saturated rings. The van der Waals surface area contributed by atoms with E-state index >= 15 is 0 Å². The van der Waals surface area contributed by atoms with Crippen molar-refractivity contribution in [2.45, 2.75) is 5.92 Å². The first-order chi connectivity index (χ1) is 13.8. The van der Waals surface area contributed by atoms with Crippen molar-refractivity contribution in [3.8, 4) is 5.75 Å². The minimum atomic E-state index is -0.0570. The minimum Gasteiger partial charge on any atom is -0.508 e. The summed E-state index contributed by atoms with van der Waals surface area (Å²) in [6.45, 7) is 0. The molecule has 5 aromatic rings. The van der Waals surface area contributed by atoms with Crippen LogP contribution in [0.5, 0.6) is 5.75 Å². The highest BCUT2D eigenvalue weighted by atomic mass is 16.3. The van der Waals surface area contributed by atoms with Crippen molar-refractivity contribution in [1.82, 2.24) is 0 Å². The number of rotatable bonds is 3. The maximum atomic E-state index is 10.7. The average molecular weight is 360 g/mol. The Morgan fingerprint density at radius 1 is 0.429 bits per heavy atom. The van der Waals surface area contributed by atoms with Gasteiger partial charge in [0.1, 0.15) is 5.75 Å². The zero-order valence-corrected chi connectivity index (χ0v) is 15.4. The van der Waals surface area contributed by atoms with Crippen LogP contribution in [0.1, 0.15) is 22.6 Å². The van der Waals surface area contributed by atoms with Gasteiger partial charge in [-0.3, -0.25) is 0 Å². The topological polar surface area (TPSA) is 20.2 Å². The fraction of sp³-hybridized carbons (Fsp3) is 0.0370. The van der Waals surface area contributed by atoms with Gasteiger partial charge in [-0.05, 0) is 38.7 Å². The Morgan fingerprint density at radius 2 is 0.857 bits per heavy atom. The van der Waals surface area contributed by atoms with Crippen LogP contribution in [0.3, 0.4) is 0 Å². The summed E-state index contributed by atoms with van der Waals surface area (Å²) >= 11 is 0. The van der Waals surface area contributed by atoms with E-state index in [1.807, 2.05) is 18.2 Å². The van der Waals surface area contributed by atoms with Gasteiger partial charge in [0.25, 0.3) is 0 Å². The summed E-state index contributed by atoms with van der Waals surface area (Å²) in [6, 6.07) is 37.5. The van der Waals surface area contributed by atoms with Crippen LogP contribution in [0.15, 0.2) is 109 Å². The van der Waals surface area contributed by atoms with Crippen molar-refractivity contribution in [2.24, 2.45) is 0 Å². The summed E-state index contributed by atoms with van der Waals surface area (Å²) < 4.78 is 0. The van der Waals surface area contributed by atoms with Crippen molar-refractivity contribution in [3.63, 3.8) is 0 Å². The van der Waals surface area contributed by atoms with Crippen LogP contribution < -0.4 is 0 Å². The number of phenols is 1. The Morgan fingerprint density at radius 3 is 1.43 bits per heavy atom. The molecule has 1 heteroatoms. The minimum absolute atomic E-state index is 0.0570. The number of hydrogen-bond acceptors (Lipinski definition) is 1. The van der Waals surface area contributed by atoms with Crippen LogP contribution in [-0.4, -0.2) is 5.11 Å². The molecule has 0 aliphatic heterocycles. The Balaban J connectivity index is 1.88. The molecule has 0 aliphatic carbocycles. The lowest BCUT2D eigenvalue weighted by atomic mass is 9.80. The van der Waals surface area contributed by atoms with Gasteiger partial charge < -0.3 is 5.11 Å². The van der Waals surface area contributed by atoms with Crippen LogP contribution in [0.2, 0.25) is 0 Å². The van der Waals surface area contributed by atoms with Crippen LogP contribution in [0, 0.1) is 0 Å². The van der Waals surface area contributed by atoms with E-state index in [1.54, 1.807) is 6.07 Å². The lowest BCUT2D eigenvalue weighted by Crippen LogP contribution is -2.05. The molecule has 0 amide bonds. The predicted octanol–water partition coefficient (Wildman–Crippen LogP) is 6.88. The molecule has 0 spiro atoms. The summed E-state index contributed by atoms with van der Waals surface area (Å²) in [7, 11) is 0. The summed E-state index contributed by atoms with van der Waals surface area (Å²) in [4.78, 5) is 0. The first kappa shape index (κ1) is 16.6. The highest BCUT2D eigenvalue weighted by Gasteiger charge is 2.23. The van der Waals surface area contributed by atoms with E-state index in [0.29, 0.717) is 5.75 Å². The van der Waals surface area contributed by atoms with Gasteiger partial charge in [-0.25, -0.2) is 0 Å². The average Bonchev–Trinajstić information content (AvgIpc) is 2.75. The molecule has 0 aromatic heterocycles.